The summed E-state index contributed by atoms with van der Waals surface area (Å²) in [4.78, 5) is 23.8. The maximum Gasteiger partial charge on any atom is 0.302 e. The molecule has 4 rings (SSSR count). The van der Waals surface area contributed by atoms with Crippen LogP contribution in [0.2, 0.25) is 0 Å². The van der Waals surface area contributed by atoms with Crippen LogP contribution in [0.3, 0.4) is 0 Å². The van der Waals surface area contributed by atoms with Gasteiger partial charge in [-0.3, -0.25) is 9.59 Å². The van der Waals surface area contributed by atoms with Crippen LogP contribution in [-0.2, 0) is 19.1 Å². The van der Waals surface area contributed by atoms with Gasteiger partial charge in [-0.1, -0.05) is 37.1 Å². The lowest BCUT2D eigenvalue weighted by atomic mass is 9.47. The molecular formula is C31H48O5. The van der Waals surface area contributed by atoms with Crippen molar-refractivity contribution >= 4 is 11.9 Å². The first-order valence-corrected chi connectivity index (χ1v) is 14.2. The third-order valence-corrected chi connectivity index (χ3v) is 10.6. The van der Waals surface area contributed by atoms with Crippen LogP contribution >= 0.6 is 0 Å². The molecule has 3 saturated carbocycles. The molecule has 202 valence electrons. The highest BCUT2D eigenvalue weighted by Crippen LogP contribution is 2.67. The second-order valence-corrected chi connectivity index (χ2v) is 13.3. The van der Waals surface area contributed by atoms with Gasteiger partial charge in [0.2, 0.25) is 0 Å². The summed E-state index contributed by atoms with van der Waals surface area (Å²) >= 11 is 0. The van der Waals surface area contributed by atoms with E-state index in [2.05, 4.69) is 46.8 Å². The molecular weight excluding hydrogens is 452 g/mol. The fourth-order valence-corrected chi connectivity index (χ4v) is 9.04. The minimum atomic E-state index is -0.695. The van der Waals surface area contributed by atoms with E-state index < -0.39 is 5.60 Å². The average Bonchev–Trinajstić information content (AvgIpc) is 3.12. The van der Waals surface area contributed by atoms with Gasteiger partial charge < -0.3 is 14.6 Å². The molecule has 3 fully saturated rings. The largest absolute Gasteiger partial charge is 0.463 e. The van der Waals surface area contributed by atoms with E-state index in [9.17, 15) is 14.7 Å². The van der Waals surface area contributed by atoms with Crippen molar-refractivity contribution in [1.82, 2.24) is 0 Å². The summed E-state index contributed by atoms with van der Waals surface area (Å²) in [6.45, 7) is 14.0. The van der Waals surface area contributed by atoms with Crippen molar-refractivity contribution in [2.75, 3.05) is 0 Å². The summed E-state index contributed by atoms with van der Waals surface area (Å²) in [7, 11) is 0. The molecule has 9 unspecified atom stereocenters. The van der Waals surface area contributed by atoms with E-state index >= 15 is 0 Å². The van der Waals surface area contributed by atoms with Crippen molar-refractivity contribution in [2.24, 2.45) is 34.5 Å². The molecule has 0 aromatic carbocycles. The first-order valence-electron chi connectivity index (χ1n) is 14.2. The van der Waals surface area contributed by atoms with Crippen LogP contribution in [0, 0.1) is 34.5 Å². The average molecular weight is 501 g/mol. The number of hydrogen-bond donors (Lipinski definition) is 1. The van der Waals surface area contributed by atoms with Crippen molar-refractivity contribution in [3.8, 4) is 0 Å². The zero-order valence-electron chi connectivity index (χ0n) is 23.6. The Balaban J connectivity index is 1.63. The van der Waals surface area contributed by atoms with Crippen LogP contribution in [0.25, 0.3) is 0 Å². The van der Waals surface area contributed by atoms with Crippen LogP contribution in [0.5, 0.6) is 0 Å². The predicted molar refractivity (Wildman–Crippen MR) is 141 cm³/mol. The smallest absolute Gasteiger partial charge is 0.302 e. The van der Waals surface area contributed by atoms with Gasteiger partial charge in [0, 0.05) is 19.8 Å². The number of carbonyl (C=O) groups is 2. The van der Waals surface area contributed by atoms with E-state index in [1.54, 1.807) is 5.57 Å². The minimum Gasteiger partial charge on any atom is -0.463 e. The summed E-state index contributed by atoms with van der Waals surface area (Å²) in [5.74, 6) is 0.821. The number of allylic oxidation sites excluding steroid dienone is 4. The Hall–Kier alpha value is -1.62. The van der Waals surface area contributed by atoms with Gasteiger partial charge in [0.15, 0.2) is 0 Å². The van der Waals surface area contributed by atoms with Crippen LogP contribution < -0.4 is 0 Å². The number of carbonyl (C=O) groups excluding carboxylic acids is 2. The van der Waals surface area contributed by atoms with E-state index in [1.807, 2.05) is 0 Å². The Morgan fingerprint density at radius 1 is 1.06 bits per heavy atom. The molecule has 5 nitrogen and oxygen atoms in total. The van der Waals surface area contributed by atoms with E-state index in [-0.39, 0.29) is 46.8 Å². The van der Waals surface area contributed by atoms with Crippen LogP contribution in [0.1, 0.15) is 106 Å². The summed E-state index contributed by atoms with van der Waals surface area (Å²) in [5.41, 5.74) is 2.15. The Morgan fingerprint density at radius 2 is 1.75 bits per heavy atom. The van der Waals surface area contributed by atoms with Gasteiger partial charge in [-0.15, -0.1) is 0 Å². The number of esters is 2. The van der Waals surface area contributed by atoms with Gasteiger partial charge in [0.05, 0.1) is 5.60 Å². The molecule has 0 aliphatic heterocycles. The lowest BCUT2D eigenvalue weighted by molar-refractivity contribution is -0.168. The van der Waals surface area contributed by atoms with Crippen LogP contribution in [-0.4, -0.2) is 34.9 Å². The predicted octanol–water partition coefficient (Wildman–Crippen LogP) is 6.54. The zero-order valence-corrected chi connectivity index (χ0v) is 23.6. The maximum absolute atomic E-state index is 12.2. The molecule has 5 heteroatoms. The van der Waals surface area contributed by atoms with Crippen molar-refractivity contribution < 1.29 is 24.2 Å². The lowest BCUT2D eigenvalue weighted by Crippen LogP contribution is -2.55. The number of ether oxygens (including phenoxy) is 2. The van der Waals surface area contributed by atoms with Crippen molar-refractivity contribution in [2.45, 2.75) is 124 Å². The Kier molecular flexibility index (Phi) is 7.56. The number of aliphatic hydroxyl groups is 1. The Bertz CT molecular complexity index is 927. The monoisotopic (exact) mass is 500 g/mol. The van der Waals surface area contributed by atoms with Crippen LogP contribution in [0.15, 0.2) is 23.3 Å². The number of rotatable bonds is 6. The van der Waals surface area contributed by atoms with Gasteiger partial charge >= 0.3 is 11.9 Å². The lowest BCUT2D eigenvalue weighted by Gasteiger charge is -2.59. The highest BCUT2D eigenvalue weighted by molar-refractivity contribution is 5.66. The van der Waals surface area contributed by atoms with Gasteiger partial charge in [-0.05, 0) is 107 Å². The molecule has 0 heterocycles. The zero-order chi connectivity index (χ0) is 26.5. The number of hydrogen-bond acceptors (Lipinski definition) is 5. The van der Waals surface area contributed by atoms with Gasteiger partial charge in [0.1, 0.15) is 12.2 Å². The fraction of sp³-hybridized carbons (Fsp3) is 0.806. The minimum absolute atomic E-state index is 0.0432. The standard InChI is InChI=1S/C31H48O5/c1-19(2)9-8-14-31(7,34)28-11-10-24-23-18-27(36-21(4)33)26-17-22(35-20(3)32)12-15-29(26,5)25(23)13-16-30(24,28)6/h9,13,22-24,26-28,34H,8,10-12,14-18H2,1-7H3. The first kappa shape index (κ1) is 27.4. The second-order valence-electron chi connectivity index (χ2n) is 13.3. The van der Waals surface area contributed by atoms with Gasteiger partial charge in [-0.2, -0.15) is 0 Å². The van der Waals surface area contributed by atoms with Gasteiger partial charge in [0.25, 0.3) is 0 Å². The molecule has 9 atom stereocenters. The molecule has 0 radical (unpaired) electrons. The van der Waals surface area contributed by atoms with Crippen molar-refractivity contribution in [3.63, 3.8) is 0 Å². The topological polar surface area (TPSA) is 72.8 Å². The SMILES string of the molecule is CC(=O)OC1CCC2(C)C3=CCC4(C)C(CCC4C(C)(O)CCC=C(C)C)C3CC(OC(C)=O)C2C1. The summed E-state index contributed by atoms with van der Waals surface area (Å²) in [5, 5.41) is 11.7. The number of fused-ring (bicyclic) bond motifs is 5. The van der Waals surface area contributed by atoms with Gasteiger partial charge in [-0.25, -0.2) is 0 Å². The molecule has 1 N–H and O–H groups in total. The van der Waals surface area contributed by atoms with Crippen molar-refractivity contribution in [3.05, 3.63) is 23.3 Å². The molecule has 0 aromatic rings. The third-order valence-electron chi connectivity index (χ3n) is 10.6. The molecule has 0 bridgehead atoms. The molecule has 0 spiro atoms. The maximum atomic E-state index is 12.2. The summed E-state index contributed by atoms with van der Waals surface area (Å²) in [6.07, 6.45) is 12.7. The highest BCUT2D eigenvalue weighted by Gasteiger charge is 2.62. The molecule has 4 aliphatic carbocycles. The molecule has 0 saturated heterocycles. The molecule has 36 heavy (non-hydrogen) atoms. The van der Waals surface area contributed by atoms with Crippen molar-refractivity contribution in [1.29, 1.82) is 0 Å². The molecule has 0 amide bonds. The molecule has 4 aliphatic rings. The normalized spacial score (nSPS) is 41.1. The molecule has 0 aromatic heterocycles. The fourth-order valence-electron chi connectivity index (χ4n) is 9.04. The highest BCUT2D eigenvalue weighted by atomic mass is 16.5. The Morgan fingerprint density at radius 3 is 2.39 bits per heavy atom. The van der Waals surface area contributed by atoms with E-state index in [1.165, 1.54) is 19.4 Å². The third kappa shape index (κ3) is 4.93. The quantitative estimate of drug-likeness (QED) is 0.331. The summed E-state index contributed by atoms with van der Waals surface area (Å²) in [6, 6.07) is 0. The van der Waals surface area contributed by atoms with E-state index in [4.69, 9.17) is 9.47 Å². The Labute approximate surface area is 218 Å². The van der Waals surface area contributed by atoms with E-state index in [0.29, 0.717) is 11.8 Å². The van der Waals surface area contributed by atoms with Crippen LogP contribution in [0.4, 0.5) is 0 Å². The second kappa shape index (κ2) is 9.93. The van der Waals surface area contributed by atoms with E-state index in [0.717, 1.165) is 57.8 Å². The summed E-state index contributed by atoms with van der Waals surface area (Å²) < 4.78 is 11.6. The first-order chi connectivity index (χ1) is 16.8.